The number of hydrogen-bond acceptors (Lipinski definition) is 4. The monoisotopic (exact) mass is 350 g/mol. The summed E-state index contributed by atoms with van der Waals surface area (Å²) < 4.78 is 60.8. The molecule has 0 aromatic heterocycles. The molecule has 5 nitrogen and oxygen atoms in total. The maximum atomic E-state index is 12.6. The minimum absolute atomic E-state index is 0.00369. The minimum atomic E-state index is -4.24. The molecular weight excluding hydrogens is 333 g/mol. The van der Waals surface area contributed by atoms with Gasteiger partial charge in [-0.2, -0.15) is 13.2 Å². The number of halogens is 3. The first-order chi connectivity index (χ1) is 10.5. The number of piperidine rings is 1. The van der Waals surface area contributed by atoms with Crippen LogP contribution in [0.5, 0.6) is 0 Å². The molecule has 0 saturated carbocycles. The summed E-state index contributed by atoms with van der Waals surface area (Å²) in [5.41, 5.74) is 5.83. The Balaban J connectivity index is 2.13. The Morgan fingerprint density at radius 3 is 2.26 bits per heavy atom. The van der Waals surface area contributed by atoms with Crippen molar-refractivity contribution in [2.75, 3.05) is 25.1 Å². The molecule has 0 unspecified atom stereocenters. The smallest absolute Gasteiger partial charge is 0.391 e. The van der Waals surface area contributed by atoms with Gasteiger partial charge in [-0.25, -0.2) is 8.42 Å². The van der Waals surface area contributed by atoms with Gasteiger partial charge in [-0.05, 0) is 31.0 Å². The van der Waals surface area contributed by atoms with Gasteiger partial charge in [0.25, 0.3) is 5.91 Å². The van der Waals surface area contributed by atoms with E-state index in [1.807, 2.05) is 0 Å². The number of nitrogens with zero attached hydrogens (tertiary/aromatic N) is 1. The van der Waals surface area contributed by atoms with Crippen molar-refractivity contribution in [2.45, 2.75) is 23.9 Å². The van der Waals surface area contributed by atoms with Crippen molar-refractivity contribution < 1.29 is 26.4 Å². The zero-order valence-electron chi connectivity index (χ0n) is 12.4. The van der Waals surface area contributed by atoms with Crippen LogP contribution in [0.3, 0.4) is 0 Å². The molecule has 0 spiro atoms. The van der Waals surface area contributed by atoms with Gasteiger partial charge in [0.2, 0.25) is 0 Å². The lowest BCUT2D eigenvalue weighted by atomic mass is 9.95. The number of carbonyl (C=O) groups excluding carboxylic acids is 1. The Morgan fingerprint density at radius 1 is 1.26 bits per heavy atom. The van der Waals surface area contributed by atoms with Crippen LogP contribution in [0.4, 0.5) is 18.9 Å². The first kappa shape index (κ1) is 17.6. The molecule has 0 atom stereocenters. The first-order valence-electron chi connectivity index (χ1n) is 6.95. The van der Waals surface area contributed by atoms with Crippen molar-refractivity contribution in [3.05, 3.63) is 23.8 Å². The molecular formula is C14H17F3N2O3S. The number of amides is 1. The van der Waals surface area contributed by atoms with Gasteiger partial charge in [-0.1, -0.05) is 0 Å². The molecule has 1 fully saturated rings. The van der Waals surface area contributed by atoms with Gasteiger partial charge in [0.15, 0.2) is 9.84 Å². The maximum absolute atomic E-state index is 12.6. The molecule has 1 aliphatic heterocycles. The lowest BCUT2D eigenvalue weighted by Gasteiger charge is -2.33. The fourth-order valence-electron chi connectivity index (χ4n) is 2.55. The number of anilines is 1. The second kappa shape index (κ2) is 6.03. The van der Waals surface area contributed by atoms with Crippen LogP contribution in [0, 0.1) is 5.92 Å². The van der Waals surface area contributed by atoms with E-state index in [2.05, 4.69) is 0 Å². The van der Waals surface area contributed by atoms with Crippen LogP contribution < -0.4 is 5.73 Å². The van der Waals surface area contributed by atoms with Gasteiger partial charge >= 0.3 is 6.18 Å². The quantitative estimate of drug-likeness (QED) is 0.828. The van der Waals surface area contributed by atoms with E-state index in [-0.39, 0.29) is 42.1 Å². The van der Waals surface area contributed by atoms with Gasteiger partial charge in [0.1, 0.15) is 0 Å². The number of benzene rings is 1. The van der Waals surface area contributed by atoms with E-state index in [0.717, 1.165) is 6.26 Å². The van der Waals surface area contributed by atoms with E-state index >= 15 is 0 Å². The average Bonchev–Trinajstić information content (AvgIpc) is 2.45. The highest BCUT2D eigenvalue weighted by atomic mass is 32.2. The highest BCUT2D eigenvalue weighted by molar-refractivity contribution is 7.90. The summed E-state index contributed by atoms with van der Waals surface area (Å²) in [5.74, 6) is -1.88. The third-order valence-corrected chi connectivity index (χ3v) is 5.04. The number of nitrogen functional groups attached to an aromatic ring is 1. The van der Waals surface area contributed by atoms with E-state index < -0.39 is 27.8 Å². The molecule has 1 heterocycles. The Kier molecular flexibility index (Phi) is 4.61. The lowest BCUT2D eigenvalue weighted by molar-refractivity contribution is -0.183. The number of rotatable bonds is 2. The average molecular weight is 350 g/mol. The number of nitrogens with two attached hydrogens (primary N) is 1. The molecule has 1 saturated heterocycles. The number of carbonyl (C=O) groups is 1. The summed E-state index contributed by atoms with van der Waals surface area (Å²) in [5, 5.41) is 0. The van der Waals surface area contributed by atoms with E-state index in [1.165, 1.54) is 23.1 Å². The standard InChI is InChI=1S/C14H17F3N2O3S/c1-23(21,22)10-2-3-11(12(18)8-10)13(20)19-6-4-9(5-7-19)14(15,16)17/h2-3,8-9H,4-7,18H2,1H3. The Hall–Kier alpha value is -1.77. The molecule has 0 aliphatic carbocycles. The Morgan fingerprint density at radius 2 is 1.83 bits per heavy atom. The van der Waals surface area contributed by atoms with Crippen LogP contribution in [-0.4, -0.2) is 44.7 Å². The van der Waals surface area contributed by atoms with Gasteiger partial charge in [-0.3, -0.25) is 4.79 Å². The van der Waals surface area contributed by atoms with E-state index in [1.54, 1.807) is 0 Å². The predicted octanol–water partition coefficient (Wildman–Crippen LogP) is 2.09. The first-order valence-corrected chi connectivity index (χ1v) is 8.85. The number of hydrogen-bond donors (Lipinski definition) is 1. The summed E-state index contributed by atoms with van der Waals surface area (Å²) in [7, 11) is -3.45. The van der Waals surface area contributed by atoms with Crippen molar-refractivity contribution in [1.82, 2.24) is 4.90 Å². The molecule has 9 heteroatoms. The lowest BCUT2D eigenvalue weighted by Crippen LogP contribution is -2.42. The molecule has 1 aromatic carbocycles. The molecule has 128 valence electrons. The van der Waals surface area contributed by atoms with Gasteiger partial charge in [0.05, 0.1) is 16.4 Å². The highest BCUT2D eigenvalue weighted by Gasteiger charge is 2.41. The predicted molar refractivity (Wildman–Crippen MR) is 78.6 cm³/mol. The zero-order chi connectivity index (χ0) is 17.4. The summed E-state index contributed by atoms with van der Waals surface area (Å²) in [6.07, 6.45) is -3.51. The van der Waals surface area contributed by atoms with Crippen molar-refractivity contribution >= 4 is 21.4 Å². The van der Waals surface area contributed by atoms with Crippen LogP contribution in [0.25, 0.3) is 0 Å². The molecule has 23 heavy (non-hydrogen) atoms. The Bertz CT molecular complexity index is 708. The van der Waals surface area contributed by atoms with Crippen molar-refractivity contribution in [3.63, 3.8) is 0 Å². The third kappa shape index (κ3) is 3.95. The fourth-order valence-corrected chi connectivity index (χ4v) is 3.20. The molecule has 2 N–H and O–H groups in total. The maximum Gasteiger partial charge on any atom is 0.391 e. The fraction of sp³-hybridized carbons (Fsp3) is 0.500. The molecule has 1 aliphatic rings. The molecule has 0 radical (unpaired) electrons. The van der Waals surface area contributed by atoms with E-state index in [4.69, 9.17) is 5.73 Å². The van der Waals surface area contributed by atoms with Crippen LogP contribution in [0.2, 0.25) is 0 Å². The normalized spacial score (nSPS) is 17.3. The SMILES string of the molecule is CS(=O)(=O)c1ccc(C(=O)N2CCC(C(F)(F)F)CC2)c(N)c1. The summed E-state index contributed by atoms with van der Waals surface area (Å²) >= 11 is 0. The van der Waals surface area contributed by atoms with Crippen LogP contribution in [0.1, 0.15) is 23.2 Å². The van der Waals surface area contributed by atoms with Crippen molar-refractivity contribution in [3.8, 4) is 0 Å². The van der Waals surface area contributed by atoms with Gasteiger partial charge in [-0.15, -0.1) is 0 Å². The van der Waals surface area contributed by atoms with Gasteiger partial charge in [0, 0.05) is 25.0 Å². The summed E-state index contributed by atoms with van der Waals surface area (Å²) in [6, 6.07) is 3.75. The zero-order valence-corrected chi connectivity index (χ0v) is 13.2. The number of likely N-dealkylation sites (tertiary alicyclic amines) is 1. The molecule has 1 aromatic rings. The van der Waals surface area contributed by atoms with E-state index in [9.17, 15) is 26.4 Å². The molecule has 1 amide bonds. The van der Waals surface area contributed by atoms with Crippen molar-refractivity contribution in [1.29, 1.82) is 0 Å². The minimum Gasteiger partial charge on any atom is -0.398 e. The summed E-state index contributed by atoms with van der Waals surface area (Å²) in [6.45, 7) is -0.00739. The van der Waals surface area contributed by atoms with Crippen LogP contribution >= 0.6 is 0 Å². The number of sulfone groups is 1. The largest absolute Gasteiger partial charge is 0.398 e. The third-order valence-electron chi connectivity index (χ3n) is 3.93. The highest BCUT2D eigenvalue weighted by Crippen LogP contribution is 2.34. The molecule has 0 bridgehead atoms. The topological polar surface area (TPSA) is 80.5 Å². The van der Waals surface area contributed by atoms with E-state index in [0.29, 0.717) is 0 Å². The second-order valence-electron chi connectivity index (χ2n) is 5.63. The van der Waals surface area contributed by atoms with Crippen molar-refractivity contribution in [2.24, 2.45) is 5.92 Å². The number of alkyl halides is 3. The van der Waals surface area contributed by atoms with Crippen LogP contribution in [-0.2, 0) is 9.84 Å². The molecule has 2 rings (SSSR count). The van der Waals surface area contributed by atoms with Gasteiger partial charge < -0.3 is 10.6 Å². The Labute approximate surface area is 132 Å². The summed E-state index contributed by atoms with van der Waals surface area (Å²) in [4.78, 5) is 13.7. The second-order valence-corrected chi connectivity index (χ2v) is 7.65. The van der Waals surface area contributed by atoms with Crippen LogP contribution in [0.15, 0.2) is 23.1 Å².